The number of rotatable bonds is 4. The average molecular weight is 413 g/mol. The average Bonchev–Trinajstić information content (AvgIpc) is 2.75. The highest BCUT2D eigenvalue weighted by Gasteiger charge is 2.35. The number of hydrogen-bond acceptors (Lipinski definition) is 4. The fraction of sp³-hybridized carbons (Fsp3) is 0.273. The van der Waals surface area contributed by atoms with E-state index in [1.54, 1.807) is 35.2 Å². The van der Waals surface area contributed by atoms with Crippen molar-refractivity contribution >= 4 is 35.2 Å². The van der Waals surface area contributed by atoms with E-state index >= 15 is 0 Å². The zero-order valence-electron chi connectivity index (χ0n) is 16.0. The summed E-state index contributed by atoms with van der Waals surface area (Å²) in [5.41, 5.74) is 1.88. The van der Waals surface area contributed by atoms with Gasteiger partial charge in [0.2, 0.25) is 0 Å². The van der Waals surface area contributed by atoms with Gasteiger partial charge in [-0.25, -0.2) is 0 Å². The number of nitrogens with one attached hydrogen (secondary N) is 1. The number of carbonyl (C=O) groups is 2. The van der Waals surface area contributed by atoms with E-state index in [0.717, 1.165) is 12.0 Å². The Bertz CT molecular complexity index is 989. The van der Waals surface area contributed by atoms with E-state index in [1.165, 1.54) is 0 Å². The Morgan fingerprint density at radius 2 is 2.03 bits per heavy atom. The molecule has 2 aliphatic rings. The maximum atomic E-state index is 13.4. The molecule has 1 atom stereocenters. The van der Waals surface area contributed by atoms with Gasteiger partial charge in [0.15, 0.2) is 6.10 Å². The van der Waals surface area contributed by atoms with Gasteiger partial charge in [-0.2, -0.15) is 0 Å². The van der Waals surface area contributed by atoms with Gasteiger partial charge in [0, 0.05) is 17.1 Å². The topological polar surface area (TPSA) is 67.9 Å². The van der Waals surface area contributed by atoms with Crippen LogP contribution in [0.3, 0.4) is 0 Å². The van der Waals surface area contributed by atoms with Crippen molar-refractivity contribution in [2.75, 3.05) is 24.6 Å². The zero-order valence-corrected chi connectivity index (χ0v) is 16.7. The van der Waals surface area contributed by atoms with E-state index in [2.05, 4.69) is 5.32 Å². The Hall–Kier alpha value is -2.99. The summed E-state index contributed by atoms with van der Waals surface area (Å²) in [6.45, 7) is 2.82. The van der Waals surface area contributed by atoms with Gasteiger partial charge in [-0.05, 0) is 42.8 Å². The van der Waals surface area contributed by atoms with Gasteiger partial charge in [0.25, 0.3) is 11.8 Å². The summed E-state index contributed by atoms with van der Waals surface area (Å²) in [6.07, 6.45) is 1.84. The minimum absolute atomic E-state index is 0.130. The summed E-state index contributed by atoms with van der Waals surface area (Å²) >= 11 is 6.07. The van der Waals surface area contributed by atoms with Crippen molar-refractivity contribution in [1.82, 2.24) is 5.32 Å². The molecule has 4 rings (SSSR count). The molecule has 2 amide bonds. The highest BCUT2D eigenvalue weighted by atomic mass is 35.5. The van der Waals surface area contributed by atoms with Crippen LogP contribution in [-0.4, -0.2) is 37.6 Å². The van der Waals surface area contributed by atoms with E-state index in [9.17, 15) is 9.59 Å². The fourth-order valence-corrected chi connectivity index (χ4v) is 3.55. The number of para-hydroxylation sites is 2. The number of fused-ring (bicyclic) bond motifs is 2. The van der Waals surface area contributed by atoms with Crippen molar-refractivity contribution in [2.24, 2.45) is 0 Å². The first-order valence-corrected chi connectivity index (χ1v) is 9.93. The molecule has 0 saturated heterocycles. The molecule has 0 aromatic heterocycles. The first-order chi connectivity index (χ1) is 14.1. The minimum atomic E-state index is -0.771. The second kappa shape index (κ2) is 8.17. The molecule has 2 aromatic carbocycles. The van der Waals surface area contributed by atoms with E-state index in [1.807, 2.05) is 25.1 Å². The molecule has 2 aliphatic heterocycles. The smallest absolute Gasteiger partial charge is 0.262 e. The lowest BCUT2D eigenvalue weighted by atomic mass is 10.0. The Morgan fingerprint density at radius 3 is 2.86 bits per heavy atom. The van der Waals surface area contributed by atoms with Crippen LogP contribution in [0, 0.1) is 0 Å². The van der Waals surface area contributed by atoms with Crippen LogP contribution in [0.4, 0.5) is 5.69 Å². The van der Waals surface area contributed by atoms with Crippen molar-refractivity contribution in [2.45, 2.75) is 19.4 Å². The van der Waals surface area contributed by atoms with Gasteiger partial charge >= 0.3 is 0 Å². The van der Waals surface area contributed by atoms with E-state index in [-0.39, 0.29) is 25.0 Å². The lowest BCUT2D eigenvalue weighted by Gasteiger charge is -2.35. The molecule has 29 heavy (non-hydrogen) atoms. The third-order valence-electron chi connectivity index (χ3n) is 4.82. The van der Waals surface area contributed by atoms with Crippen molar-refractivity contribution in [3.63, 3.8) is 0 Å². The van der Waals surface area contributed by atoms with Crippen molar-refractivity contribution < 1.29 is 19.1 Å². The van der Waals surface area contributed by atoms with Crippen molar-refractivity contribution in [3.8, 4) is 11.5 Å². The Kier molecular flexibility index (Phi) is 5.45. The molecule has 2 heterocycles. The summed E-state index contributed by atoms with van der Waals surface area (Å²) in [6, 6.07) is 12.5. The van der Waals surface area contributed by atoms with Gasteiger partial charge in [-0.15, -0.1) is 0 Å². The highest BCUT2D eigenvalue weighted by Crippen LogP contribution is 2.35. The van der Waals surface area contributed by atoms with Gasteiger partial charge in [-0.3, -0.25) is 9.59 Å². The maximum Gasteiger partial charge on any atom is 0.262 e. The van der Waals surface area contributed by atoms with Gasteiger partial charge in [-0.1, -0.05) is 30.7 Å². The van der Waals surface area contributed by atoms with Crippen molar-refractivity contribution in [1.29, 1.82) is 0 Å². The number of carbonyl (C=O) groups excluding carboxylic acids is 2. The zero-order chi connectivity index (χ0) is 20.4. The summed E-state index contributed by atoms with van der Waals surface area (Å²) in [4.78, 5) is 27.4. The molecule has 150 valence electrons. The molecule has 6 nitrogen and oxygen atoms in total. The van der Waals surface area contributed by atoms with Gasteiger partial charge < -0.3 is 19.7 Å². The first-order valence-electron chi connectivity index (χ1n) is 9.55. The van der Waals surface area contributed by atoms with E-state index in [0.29, 0.717) is 34.3 Å². The lowest BCUT2D eigenvalue weighted by molar-refractivity contribution is -0.128. The second-order valence-electron chi connectivity index (χ2n) is 6.92. The van der Waals surface area contributed by atoms with E-state index in [4.69, 9.17) is 21.1 Å². The summed E-state index contributed by atoms with van der Waals surface area (Å²) in [5, 5.41) is 3.41. The monoisotopic (exact) mass is 412 g/mol. The van der Waals surface area contributed by atoms with Gasteiger partial charge in [0.05, 0.1) is 17.8 Å². The summed E-state index contributed by atoms with van der Waals surface area (Å²) in [7, 11) is 0. The third-order valence-corrected chi connectivity index (χ3v) is 5.06. The third kappa shape index (κ3) is 3.93. The quantitative estimate of drug-likeness (QED) is 0.835. The number of anilines is 1. The minimum Gasteiger partial charge on any atom is -0.488 e. The SMILES string of the molecule is CCCNC(=O)C1CN(C(=O)C2=Cc3cc(Cl)ccc3OC2)c2ccccc2O1. The summed E-state index contributed by atoms with van der Waals surface area (Å²) in [5.74, 6) is 0.736. The molecular formula is C22H21ClN2O4. The molecule has 0 fully saturated rings. The predicted octanol–water partition coefficient (Wildman–Crippen LogP) is 3.44. The molecule has 0 saturated carbocycles. The molecule has 0 radical (unpaired) electrons. The number of amides is 2. The Balaban J connectivity index is 1.64. The molecule has 0 spiro atoms. The highest BCUT2D eigenvalue weighted by molar-refractivity contribution is 6.30. The Morgan fingerprint density at radius 1 is 1.21 bits per heavy atom. The van der Waals surface area contributed by atoms with Crippen LogP contribution in [0.5, 0.6) is 11.5 Å². The maximum absolute atomic E-state index is 13.4. The number of ether oxygens (including phenoxy) is 2. The molecule has 1 unspecified atom stereocenters. The van der Waals surface area contributed by atoms with Crippen LogP contribution in [0.15, 0.2) is 48.0 Å². The number of hydrogen-bond donors (Lipinski definition) is 1. The largest absolute Gasteiger partial charge is 0.488 e. The van der Waals surface area contributed by atoms with Crippen LogP contribution in [0.25, 0.3) is 6.08 Å². The molecule has 0 aliphatic carbocycles. The number of nitrogens with zero attached hydrogens (tertiary/aromatic N) is 1. The van der Waals surface area contributed by atoms with E-state index < -0.39 is 6.10 Å². The second-order valence-corrected chi connectivity index (χ2v) is 7.36. The van der Waals surface area contributed by atoms with Crippen LogP contribution in [0.2, 0.25) is 5.02 Å². The molecule has 2 aromatic rings. The molecule has 1 N–H and O–H groups in total. The summed E-state index contributed by atoms with van der Waals surface area (Å²) < 4.78 is 11.6. The van der Waals surface area contributed by atoms with Crippen LogP contribution in [0.1, 0.15) is 18.9 Å². The normalized spacial score (nSPS) is 17.2. The van der Waals surface area contributed by atoms with Crippen LogP contribution < -0.4 is 19.7 Å². The standard InChI is InChI=1S/C22H21ClN2O4/c1-2-9-24-21(26)20-12-25(17-5-3-4-6-19(17)29-20)22(27)15-10-14-11-16(23)7-8-18(14)28-13-15/h3-8,10-11,20H,2,9,12-13H2,1H3,(H,24,26). The first kappa shape index (κ1) is 19.3. The predicted molar refractivity (Wildman–Crippen MR) is 111 cm³/mol. The lowest BCUT2D eigenvalue weighted by Crippen LogP contribution is -2.51. The van der Waals surface area contributed by atoms with Crippen LogP contribution in [-0.2, 0) is 9.59 Å². The molecule has 7 heteroatoms. The molecule has 0 bridgehead atoms. The van der Waals surface area contributed by atoms with Gasteiger partial charge in [0.1, 0.15) is 18.1 Å². The van der Waals surface area contributed by atoms with Crippen molar-refractivity contribution in [3.05, 3.63) is 58.6 Å². The van der Waals surface area contributed by atoms with Crippen LogP contribution >= 0.6 is 11.6 Å². The fourth-order valence-electron chi connectivity index (χ4n) is 3.37. The number of halogens is 1. The molecular weight excluding hydrogens is 392 g/mol. The number of benzene rings is 2. The Labute approximate surface area is 174 Å².